The summed E-state index contributed by atoms with van der Waals surface area (Å²) >= 11 is 0. The molecule has 1 saturated heterocycles. The number of tetrazole rings is 1. The van der Waals surface area contributed by atoms with E-state index in [4.69, 9.17) is 5.26 Å². The van der Waals surface area contributed by atoms with Crippen LogP contribution in [0.2, 0.25) is 0 Å². The van der Waals surface area contributed by atoms with Crippen LogP contribution in [-0.2, 0) is 13.6 Å². The van der Waals surface area contributed by atoms with Crippen LogP contribution in [0.3, 0.4) is 0 Å². The average molecular weight is 249 g/mol. The second-order valence-corrected chi connectivity index (χ2v) is 5.13. The average Bonchev–Trinajstić information content (AvgIpc) is 2.75. The fraction of sp³-hybridized carbons (Fsp3) is 0.818. The third-order valence-electron chi connectivity index (χ3n) is 3.35. The first-order valence-electron chi connectivity index (χ1n) is 6.13. The van der Waals surface area contributed by atoms with Crippen molar-refractivity contribution >= 4 is 0 Å². The van der Waals surface area contributed by atoms with Gasteiger partial charge in [-0.2, -0.15) is 10.1 Å². The Labute approximate surface area is 107 Å². The first kappa shape index (κ1) is 12.9. The van der Waals surface area contributed by atoms with Crippen molar-refractivity contribution in [2.75, 3.05) is 26.2 Å². The predicted octanol–water partition coefficient (Wildman–Crippen LogP) is -0.370. The van der Waals surface area contributed by atoms with E-state index in [-0.39, 0.29) is 5.54 Å². The van der Waals surface area contributed by atoms with Gasteiger partial charge in [0.25, 0.3) is 0 Å². The third kappa shape index (κ3) is 2.83. The monoisotopic (exact) mass is 249 g/mol. The van der Waals surface area contributed by atoms with Gasteiger partial charge in [-0.05, 0) is 19.1 Å². The van der Waals surface area contributed by atoms with Crippen LogP contribution in [0.4, 0.5) is 0 Å². The largest absolute Gasteiger partial charge is 0.293 e. The van der Waals surface area contributed by atoms with Gasteiger partial charge in [-0.15, -0.1) is 10.2 Å². The molecule has 98 valence electrons. The van der Waals surface area contributed by atoms with Crippen molar-refractivity contribution in [3.8, 4) is 6.07 Å². The zero-order valence-electron chi connectivity index (χ0n) is 11.2. The highest BCUT2D eigenvalue weighted by atomic mass is 15.6. The van der Waals surface area contributed by atoms with E-state index >= 15 is 0 Å². The Morgan fingerprint density at radius 2 is 1.94 bits per heavy atom. The maximum atomic E-state index is 9.11. The molecule has 0 spiro atoms. The summed E-state index contributed by atoms with van der Waals surface area (Å²) in [5.74, 6) is 0.755. The number of aromatic nitrogens is 4. The molecular formula is C11H19N7. The van der Waals surface area contributed by atoms with Crippen molar-refractivity contribution in [1.82, 2.24) is 30.0 Å². The topological polar surface area (TPSA) is 73.9 Å². The van der Waals surface area contributed by atoms with E-state index in [0.29, 0.717) is 0 Å². The molecule has 0 bridgehead atoms. The van der Waals surface area contributed by atoms with Gasteiger partial charge < -0.3 is 0 Å². The van der Waals surface area contributed by atoms with Gasteiger partial charge in [0.2, 0.25) is 0 Å². The van der Waals surface area contributed by atoms with Crippen molar-refractivity contribution in [3.05, 3.63) is 5.82 Å². The fourth-order valence-corrected chi connectivity index (χ4v) is 2.12. The second kappa shape index (κ2) is 5.00. The summed E-state index contributed by atoms with van der Waals surface area (Å²) in [4.78, 5) is 5.99. The maximum Gasteiger partial charge on any atom is 0.188 e. The van der Waals surface area contributed by atoms with Crippen molar-refractivity contribution in [3.63, 3.8) is 0 Å². The predicted molar refractivity (Wildman–Crippen MR) is 65.3 cm³/mol. The first-order chi connectivity index (χ1) is 8.51. The standard InChI is InChI=1S/C11H19N7/c1-11(2,9-12)18-6-4-17(5-7-18)8-10-13-15-16(3)14-10/h4-8H2,1-3H3. The van der Waals surface area contributed by atoms with Gasteiger partial charge in [0.15, 0.2) is 5.82 Å². The summed E-state index contributed by atoms with van der Waals surface area (Å²) in [6, 6.07) is 2.35. The molecule has 7 heteroatoms. The summed E-state index contributed by atoms with van der Waals surface area (Å²) < 4.78 is 0. The van der Waals surface area contributed by atoms with Crippen molar-refractivity contribution < 1.29 is 0 Å². The normalized spacial score (nSPS) is 18.8. The zero-order chi connectivity index (χ0) is 13.2. The third-order valence-corrected chi connectivity index (χ3v) is 3.35. The number of piperazine rings is 1. The van der Waals surface area contributed by atoms with Crippen LogP contribution in [0.15, 0.2) is 0 Å². The van der Waals surface area contributed by atoms with Gasteiger partial charge in [-0.3, -0.25) is 9.80 Å². The Hall–Kier alpha value is -1.52. The SMILES string of the molecule is Cn1nnc(CN2CCN(C(C)(C)C#N)CC2)n1. The van der Waals surface area contributed by atoms with E-state index < -0.39 is 0 Å². The fourth-order valence-electron chi connectivity index (χ4n) is 2.12. The van der Waals surface area contributed by atoms with Gasteiger partial charge in [-0.25, -0.2) is 0 Å². The Morgan fingerprint density at radius 3 is 2.44 bits per heavy atom. The highest BCUT2D eigenvalue weighted by molar-refractivity contribution is 5.02. The number of rotatable bonds is 3. The molecule has 0 amide bonds. The maximum absolute atomic E-state index is 9.11. The van der Waals surface area contributed by atoms with E-state index in [9.17, 15) is 0 Å². The molecule has 0 atom stereocenters. The number of hydrogen-bond acceptors (Lipinski definition) is 6. The molecule has 18 heavy (non-hydrogen) atoms. The quantitative estimate of drug-likeness (QED) is 0.727. The minimum Gasteiger partial charge on any atom is -0.293 e. The highest BCUT2D eigenvalue weighted by Gasteiger charge is 2.29. The zero-order valence-corrected chi connectivity index (χ0v) is 11.2. The summed E-state index contributed by atoms with van der Waals surface area (Å²) in [6.45, 7) is 8.34. The van der Waals surface area contributed by atoms with Gasteiger partial charge in [-0.1, -0.05) is 0 Å². The van der Waals surface area contributed by atoms with E-state index in [0.717, 1.165) is 38.5 Å². The molecule has 1 aliphatic rings. The van der Waals surface area contributed by atoms with E-state index in [1.54, 1.807) is 7.05 Å². The van der Waals surface area contributed by atoms with Gasteiger partial charge in [0.1, 0.15) is 5.54 Å². The number of nitriles is 1. The number of aryl methyl sites for hydroxylation is 1. The lowest BCUT2D eigenvalue weighted by molar-refractivity contribution is 0.0750. The van der Waals surface area contributed by atoms with Crippen molar-refractivity contribution in [2.24, 2.45) is 7.05 Å². The van der Waals surface area contributed by atoms with Gasteiger partial charge in [0.05, 0.1) is 19.7 Å². The Bertz CT molecular complexity index is 436. The Morgan fingerprint density at radius 1 is 1.28 bits per heavy atom. The van der Waals surface area contributed by atoms with Gasteiger partial charge >= 0.3 is 0 Å². The summed E-state index contributed by atoms with van der Waals surface area (Å²) in [6.07, 6.45) is 0. The molecule has 2 rings (SSSR count). The lowest BCUT2D eigenvalue weighted by Crippen LogP contribution is -2.53. The first-order valence-corrected chi connectivity index (χ1v) is 6.13. The van der Waals surface area contributed by atoms with Crippen LogP contribution in [0.1, 0.15) is 19.7 Å². The van der Waals surface area contributed by atoms with Crippen LogP contribution >= 0.6 is 0 Å². The molecule has 2 heterocycles. The van der Waals surface area contributed by atoms with Crippen LogP contribution in [0.5, 0.6) is 0 Å². The molecule has 1 aromatic rings. The minimum atomic E-state index is -0.378. The molecule has 7 nitrogen and oxygen atoms in total. The number of hydrogen-bond donors (Lipinski definition) is 0. The summed E-state index contributed by atoms with van der Waals surface area (Å²) in [5, 5.41) is 21.1. The van der Waals surface area contributed by atoms with Crippen molar-refractivity contribution in [2.45, 2.75) is 25.9 Å². The molecule has 0 aromatic carbocycles. The summed E-state index contributed by atoms with van der Waals surface area (Å²) in [7, 11) is 1.77. The van der Waals surface area contributed by atoms with Crippen molar-refractivity contribution in [1.29, 1.82) is 5.26 Å². The van der Waals surface area contributed by atoms with Crippen LogP contribution in [0.25, 0.3) is 0 Å². The molecule has 0 radical (unpaired) electrons. The molecule has 0 N–H and O–H groups in total. The molecule has 0 unspecified atom stereocenters. The second-order valence-electron chi connectivity index (χ2n) is 5.13. The highest BCUT2D eigenvalue weighted by Crippen LogP contribution is 2.16. The van der Waals surface area contributed by atoms with E-state index in [1.165, 1.54) is 4.80 Å². The van der Waals surface area contributed by atoms with Crippen LogP contribution in [0, 0.1) is 11.3 Å². The molecule has 0 aliphatic carbocycles. The summed E-state index contributed by atoms with van der Waals surface area (Å²) in [5.41, 5.74) is -0.378. The Kier molecular flexibility index (Phi) is 3.59. The van der Waals surface area contributed by atoms with Gasteiger partial charge in [0, 0.05) is 26.2 Å². The molecule has 1 fully saturated rings. The number of nitrogens with zero attached hydrogens (tertiary/aromatic N) is 7. The molecule has 1 aliphatic heterocycles. The van der Waals surface area contributed by atoms with Crippen LogP contribution < -0.4 is 0 Å². The van der Waals surface area contributed by atoms with Crippen LogP contribution in [-0.4, -0.2) is 61.7 Å². The smallest absolute Gasteiger partial charge is 0.188 e. The minimum absolute atomic E-state index is 0.378. The molecule has 0 saturated carbocycles. The lowest BCUT2D eigenvalue weighted by Gasteiger charge is -2.40. The lowest BCUT2D eigenvalue weighted by atomic mass is 10.0. The Balaban J connectivity index is 1.86. The molecule has 1 aromatic heterocycles. The van der Waals surface area contributed by atoms with E-state index in [1.807, 2.05) is 13.8 Å². The molecular weight excluding hydrogens is 230 g/mol. The van der Waals surface area contributed by atoms with E-state index in [2.05, 4.69) is 31.3 Å².